The SMILES string of the molecule is Cc1cc(NC(=O)c2ccco2)sc1C(=O)N1CCCC(CCC(N)=O)C1. The first-order valence-electron chi connectivity index (χ1n) is 8.97. The van der Waals surface area contributed by atoms with Crippen molar-refractivity contribution in [3.8, 4) is 0 Å². The van der Waals surface area contributed by atoms with Gasteiger partial charge in [0.15, 0.2) is 5.76 Å². The lowest BCUT2D eigenvalue weighted by Crippen LogP contribution is -2.40. The summed E-state index contributed by atoms with van der Waals surface area (Å²) in [6, 6.07) is 5.03. The number of furan rings is 1. The predicted molar refractivity (Wildman–Crippen MR) is 103 cm³/mol. The van der Waals surface area contributed by atoms with E-state index in [0.29, 0.717) is 41.7 Å². The van der Waals surface area contributed by atoms with E-state index >= 15 is 0 Å². The molecule has 2 aromatic rings. The molecule has 1 unspecified atom stereocenters. The van der Waals surface area contributed by atoms with Crippen LogP contribution in [-0.4, -0.2) is 35.7 Å². The van der Waals surface area contributed by atoms with Gasteiger partial charge in [-0.1, -0.05) is 0 Å². The molecule has 1 fully saturated rings. The monoisotopic (exact) mass is 389 g/mol. The topological polar surface area (TPSA) is 106 Å². The van der Waals surface area contributed by atoms with E-state index in [9.17, 15) is 14.4 Å². The van der Waals surface area contributed by atoms with Crippen LogP contribution in [0, 0.1) is 12.8 Å². The van der Waals surface area contributed by atoms with E-state index in [1.807, 2.05) is 11.8 Å². The van der Waals surface area contributed by atoms with E-state index in [-0.39, 0.29) is 23.5 Å². The molecule has 1 aliphatic rings. The second kappa shape index (κ2) is 8.39. The molecule has 1 saturated heterocycles. The summed E-state index contributed by atoms with van der Waals surface area (Å²) in [4.78, 5) is 38.5. The van der Waals surface area contributed by atoms with Crippen molar-refractivity contribution in [2.24, 2.45) is 11.7 Å². The lowest BCUT2D eigenvalue weighted by molar-refractivity contribution is -0.118. The van der Waals surface area contributed by atoms with Crippen molar-refractivity contribution in [1.82, 2.24) is 4.90 Å². The van der Waals surface area contributed by atoms with E-state index in [1.165, 1.54) is 17.6 Å². The van der Waals surface area contributed by atoms with Gasteiger partial charge in [-0.3, -0.25) is 14.4 Å². The number of nitrogens with one attached hydrogen (secondary N) is 1. The Labute approximate surface area is 161 Å². The second-order valence-electron chi connectivity index (χ2n) is 6.82. The minimum atomic E-state index is -0.343. The highest BCUT2D eigenvalue weighted by atomic mass is 32.1. The second-order valence-corrected chi connectivity index (χ2v) is 7.87. The largest absolute Gasteiger partial charge is 0.459 e. The van der Waals surface area contributed by atoms with Gasteiger partial charge < -0.3 is 20.4 Å². The summed E-state index contributed by atoms with van der Waals surface area (Å²) in [6.07, 6.45) is 4.43. The molecule has 1 aliphatic heterocycles. The first-order chi connectivity index (χ1) is 12.9. The van der Waals surface area contributed by atoms with Gasteiger partial charge in [0.2, 0.25) is 5.91 Å². The minimum Gasteiger partial charge on any atom is -0.459 e. The zero-order valence-corrected chi connectivity index (χ0v) is 16.0. The summed E-state index contributed by atoms with van der Waals surface area (Å²) >= 11 is 1.27. The Morgan fingerprint density at radius 2 is 2.22 bits per heavy atom. The highest BCUT2D eigenvalue weighted by Crippen LogP contribution is 2.30. The molecule has 3 rings (SSSR count). The zero-order valence-electron chi connectivity index (χ0n) is 15.2. The number of aryl methyl sites for hydroxylation is 1. The van der Waals surface area contributed by atoms with Gasteiger partial charge in [-0.2, -0.15) is 0 Å². The zero-order chi connectivity index (χ0) is 19.4. The molecule has 0 radical (unpaired) electrons. The number of nitrogens with two attached hydrogens (primary N) is 1. The molecule has 27 heavy (non-hydrogen) atoms. The van der Waals surface area contributed by atoms with Crippen molar-refractivity contribution < 1.29 is 18.8 Å². The minimum absolute atomic E-state index is 0.0280. The Morgan fingerprint density at radius 1 is 1.41 bits per heavy atom. The number of rotatable bonds is 6. The number of anilines is 1. The summed E-state index contributed by atoms with van der Waals surface area (Å²) in [5, 5.41) is 3.38. The Balaban J connectivity index is 1.65. The number of primary amides is 1. The molecule has 8 heteroatoms. The van der Waals surface area contributed by atoms with Crippen molar-refractivity contribution in [3.63, 3.8) is 0 Å². The highest BCUT2D eigenvalue weighted by molar-refractivity contribution is 7.18. The Kier molecular flexibility index (Phi) is 5.95. The van der Waals surface area contributed by atoms with Gasteiger partial charge in [-0.25, -0.2) is 0 Å². The molecule has 0 spiro atoms. The van der Waals surface area contributed by atoms with Crippen LogP contribution in [0.5, 0.6) is 0 Å². The summed E-state index contributed by atoms with van der Waals surface area (Å²) in [5.41, 5.74) is 6.07. The fraction of sp³-hybridized carbons (Fsp3) is 0.421. The van der Waals surface area contributed by atoms with Crippen LogP contribution in [0.2, 0.25) is 0 Å². The third-order valence-electron chi connectivity index (χ3n) is 4.70. The average molecular weight is 389 g/mol. The van der Waals surface area contributed by atoms with Crippen LogP contribution in [0.1, 0.15) is 51.5 Å². The quantitative estimate of drug-likeness (QED) is 0.792. The molecule has 1 atom stereocenters. The van der Waals surface area contributed by atoms with Gasteiger partial charge in [0.25, 0.3) is 11.8 Å². The Hall–Kier alpha value is -2.61. The third-order valence-corrected chi connectivity index (χ3v) is 5.84. The van der Waals surface area contributed by atoms with Gasteiger partial charge in [0.05, 0.1) is 16.1 Å². The van der Waals surface area contributed by atoms with Gasteiger partial charge in [-0.05, 0) is 55.9 Å². The van der Waals surface area contributed by atoms with Crippen LogP contribution < -0.4 is 11.1 Å². The summed E-state index contributed by atoms with van der Waals surface area (Å²) in [6.45, 7) is 3.20. The molecule has 3 amide bonds. The molecular weight excluding hydrogens is 366 g/mol. The molecular formula is C19H23N3O4S. The Bertz CT molecular complexity index is 828. The summed E-state index contributed by atoms with van der Waals surface area (Å²) < 4.78 is 5.08. The highest BCUT2D eigenvalue weighted by Gasteiger charge is 2.27. The fourth-order valence-electron chi connectivity index (χ4n) is 3.31. The van der Waals surface area contributed by atoms with Gasteiger partial charge in [0.1, 0.15) is 0 Å². The lowest BCUT2D eigenvalue weighted by Gasteiger charge is -2.32. The van der Waals surface area contributed by atoms with E-state index in [4.69, 9.17) is 10.2 Å². The maximum absolute atomic E-state index is 12.9. The van der Waals surface area contributed by atoms with Gasteiger partial charge in [-0.15, -0.1) is 11.3 Å². The number of hydrogen-bond donors (Lipinski definition) is 2. The molecule has 0 bridgehead atoms. The van der Waals surface area contributed by atoms with Crippen LogP contribution in [0.25, 0.3) is 0 Å². The molecule has 144 valence electrons. The lowest BCUT2D eigenvalue weighted by atomic mass is 9.93. The van der Waals surface area contributed by atoms with Gasteiger partial charge in [0, 0.05) is 19.5 Å². The average Bonchev–Trinajstić information content (AvgIpc) is 3.29. The van der Waals surface area contributed by atoms with Crippen LogP contribution >= 0.6 is 11.3 Å². The van der Waals surface area contributed by atoms with Gasteiger partial charge >= 0.3 is 0 Å². The van der Waals surface area contributed by atoms with Crippen LogP contribution in [0.3, 0.4) is 0 Å². The van der Waals surface area contributed by atoms with Crippen molar-refractivity contribution in [3.05, 3.63) is 40.7 Å². The first-order valence-corrected chi connectivity index (χ1v) is 9.78. The van der Waals surface area contributed by atoms with E-state index in [0.717, 1.165) is 18.4 Å². The van der Waals surface area contributed by atoms with Crippen LogP contribution in [0.15, 0.2) is 28.9 Å². The maximum atomic E-state index is 12.9. The number of carbonyl (C=O) groups excluding carboxylic acids is 3. The molecule has 0 aliphatic carbocycles. The molecule has 3 heterocycles. The third kappa shape index (κ3) is 4.77. The van der Waals surface area contributed by atoms with E-state index < -0.39 is 0 Å². The van der Waals surface area contributed by atoms with E-state index in [1.54, 1.807) is 18.2 Å². The van der Waals surface area contributed by atoms with Crippen molar-refractivity contribution in [2.75, 3.05) is 18.4 Å². The van der Waals surface area contributed by atoms with Crippen molar-refractivity contribution in [1.29, 1.82) is 0 Å². The van der Waals surface area contributed by atoms with Crippen molar-refractivity contribution >= 4 is 34.1 Å². The van der Waals surface area contributed by atoms with Crippen LogP contribution in [-0.2, 0) is 4.79 Å². The fourth-order valence-corrected chi connectivity index (χ4v) is 4.35. The number of amides is 3. The predicted octanol–water partition coefficient (Wildman–Crippen LogP) is 3.02. The molecule has 0 aromatic carbocycles. The molecule has 0 saturated carbocycles. The number of nitrogens with zero attached hydrogens (tertiary/aromatic N) is 1. The molecule has 3 N–H and O–H groups in total. The standard InChI is InChI=1S/C19H23N3O4S/c1-12-10-16(21-18(24)14-5-3-9-26-14)27-17(12)19(25)22-8-2-4-13(11-22)6-7-15(20)23/h3,5,9-10,13H,2,4,6-8,11H2,1H3,(H2,20,23)(H,21,24). The number of likely N-dealkylation sites (tertiary alicyclic amines) is 1. The number of piperidine rings is 1. The van der Waals surface area contributed by atoms with Crippen molar-refractivity contribution in [2.45, 2.75) is 32.6 Å². The first kappa shape index (κ1) is 19.2. The normalized spacial score (nSPS) is 16.9. The summed E-state index contributed by atoms with van der Waals surface area (Å²) in [5.74, 6) is -0.148. The number of thiophene rings is 1. The smallest absolute Gasteiger partial charge is 0.291 e. The van der Waals surface area contributed by atoms with E-state index in [2.05, 4.69) is 5.32 Å². The maximum Gasteiger partial charge on any atom is 0.291 e. The molecule has 7 nitrogen and oxygen atoms in total. The number of hydrogen-bond acceptors (Lipinski definition) is 5. The number of carbonyl (C=O) groups is 3. The summed E-state index contributed by atoms with van der Waals surface area (Å²) in [7, 11) is 0. The molecule has 2 aromatic heterocycles. The van der Waals surface area contributed by atoms with Crippen LogP contribution in [0.4, 0.5) is 5.00 Å². The Morgan fingerprint density at radius 3 is 2.93 bits per heavy atom.